The molecular weight excluding hydrogens is 354 g/mol. The van der Waals surface area contributed by atoms with Crippen LogP contribution in [0.1, 0.15) is 40.5 Å². The minimum atomic E-state index is -0.0839. The molecule has 8 nitrogen and oxygen atoms in total. The minimum Gasteiger partial charge on any atom is -0.329 e. The van der Waals surface area contributed by atoms with E-state index in [4.69, 9.17) is 0 Å². The molecule has 0 bridgehead atoms. The number of carbonyl (C=O) groups excluding carboxylic acids is 1. The maximum atomic E-state index is 13.1. The van der Waals surface area contributed by atoms with Crippen LogP contribution in [0.25, 0.3) is 5.65 Å². The molecule has 0 spiro atoms. The van der Waals surface area contributed by atoms with Gasteiger partial charge in [0.2, 0.25) is 0 Å². The van der Waals surface area contributed by atoms with Crippen molar-refractivity contribution in [2.75, 3.05) is 6.54 Å². The number of hydrogen-bond donors (Lipinski definition) is 0. The van der Waals surface area contributed by atoms with Crippen molar-refractivity contribution in [2.24, 2.45) is 0 Å². The summed E-state index contributed by atoms with van der Waals surface area (Å²) >= 11 is 0. The van der Waals surface area contributed by atoms with Crippen molar-refractivity contribution in [3.05, 3.63) is 77.8 Å². The number of fused-ring (bicyclic) bond motifs is 2. The van der Waals surface area contributed by atoms with Crippen LogP contribution in [0.3, 0.4) is 0 Å². The Labute approximate surface area is 161 Å². The van der Waals surface area contributed by atoms with E-state index < -0.39 is 0 Å². The van der Waals surface area contributed by atoms with E-state index in [0.717, 1.165) is 18.1 Å². The number of amides is 1. The molecular formula is C20H19N7O. The first-order valence-corrected chi connectivity index (χ1v) is 9.25. The van der Waals surface area contributed by atoms with E-state index in [9.17, 15) is 4.79 Å². The largest absolute Gasteiger partial charge is 0.329 e. The zero-order chi connectivity index (χ0) is 19.1. The van der Waals surface area contributed by atoms with E-state index in [-0.39, 0.29) is 11.9 Å². The Bertz CT molecular complexity index is 1150. The van der Waals surface area contributed by atoms with E-state index in [0.29, 0.717) is 24.3 Å². The standard InChI is InChI=1S/C20H19N7O/c1-14-12-25(20(28)16-11-22-26-9-5-8-21-19(16)26)13-18-24-23-17(27(14)18)10-15-6-3-2-4-7-15/h2-9,11,14H,10,12-13H2,1H3/t14-/m0/s1. The molecule has 1 atom stereocenters. The van der Waals surface area contributed by atoms with E-state index in [1.54, 1.807) is 34.1 Å². The maximum absolute atomic E-state index is 13.1. The molecule has 1 aliphatic heterocycles. The molecule has 5 rings (SSSR count). The van der Waals surface area contributed by atoms with Gasteiger partial charge in [-0.05, 0) is 18.6 Å². The Balaban J connectivity index is 1.42. The SMILES string of the molecule is C[C@H]1CN(C(=O)c2cnn3cccnc23)Cc2nnc(Cc3ccccc3)n21. The molecule has 1 aliphatic rings. The average Bonchev–Trinajstić information content (AvgIpc) is 3.33. The monoisotopic (exact) mass is 373 g/mol. The van der Waals surface area contributed by atoms with Crippen molar-refractivity contribution < 1.29 is 4.79 Å². The van der Waals surface area contributed by atoms with Gasteiger partial charge in [-0.1, -0.05) is 30.3 Å². The Morgan fingerprint density at radius 2 is 2.04 bits per heavy atom. The van der Waals surface area contributed by atoms with Crippen LogP contribution < -0.4 is 0 Å². The summed E-state index contributed by atoms with van der Waals surface area (Å²) in [5.41, 5.74) is 2.27. The highest BCUT2D eigenvalue weighted by molar-refractivity contribution is 5.99. The van der Waals surface area contributed by atoms with Crippen molar-refractivity contribution in [3.63, 3.8) is 0 Å². The number of nitrogens with zero attached hydrogens (tertiary/aromatic N) is 7. The van der Waals surface area contributed by atoms with E-state index in [2.05, 4.69) is 43.9 Å². The lowest BCUT2D eigenvalue weighted by Gasteiger charge is -2.32. The highest BCUT2D eigenvalue weighted by Crippen LogP contribution is 2.24. The molecule has 0 fully saturated rings. The summed E-state index contributed by atoms with van der Waals surface area (Å²) in [6, 6.07) is 12.1. The van der Waals surface area contributed by atoms with Gasteiger partial charge < -0.3 is 9.47 Å². The molecule has 0 N–H and O–H groups in total. The molecule has 0 aliphatic carbocycles. The Kier molecular flexibility index (Phi) is 3.89. The minimum absolute atomic E-state index is 0.0839. The van der Waals surface area contributed by atoms with Gasteiger partial charge in [-0.2, -0.15) is 5.10 Å². The number of aromatic nitrogens is 6. The zero-order valence-electron chi connectivity index (χ0n) is 15.4. The van der Waals surface area contributed by atoms with Crippen LogP contribution in [-0.4, -0.2) is 46.7 Å². The smallest absolute Gasteiger partial charge is 0.259 e. The van der Waals surface area contributed by atoms with Gasteiger partial charge in [0, 0.05) is 25.4 Å². The summed E-state index contributed by atoms with van der Waals surface area (Å²) in [5, 5.41) is 13.0. The molecule has 140 valence electrons. The van der Waals surface area contributed by atoms with Crippen molar-refractivity contribution in [1.29, 1.82) is 0 Å². The fraction of sp³-hybridized carbons (Fsp3) is 0.250. The molecule has 0 radical (unpaired) electrons. The first kappa shape index (κ1) is 16.6. The van der Waals surface area contributed by atoms with Gasteiger partial charge >= 0.3 is 0 Å². The highest BCUT2D eigenvalue weighted by Gasteiger charge is 2.31. The third kappa shape index (κ3) is 2.74. The summed E-state index contributed by atoms with van der Waals surface area (Å²) in [6.07, 6.45) is 5.75. The van der Waals surface area contributed by atoms with Crippen LogP contribution in [-0.2, 0) is 13.0 Å². The fourth-order valence-corrected chi connectivity index (χ4v) is 3.82. The second-order valence-corrected chi connectivity index (χ2v) is 7.05. The summed E-state index contributed by atoms with van der Waals surface area (Å²) in [6.45, 7) is 3.11. The summed E-state index contributed by atoms with van der Waals surface area (Å²) in [4.78, 5) is 19.2. The first-order valence-electron chi connectivity index (χ1n) is 9.25. The molecule has 0 unspecified atom stereocenters. The molecule has 1 aromatic carbocycles. The lowest BCUT2D eigenvalue weighted by molar-refractivity contribution is 0.0681. The quantitative estimate of drug-likeness (QED) is 0.549. The summed E-state index contributed by atoms with van der Waals surface area (Å²) in [7, 11) is 0. The van der Waals surface area contributed by atoms with Gasteiger partial charge in [0.15, 0.2) is 11.5 Å². The molecule has 8 heteroatoms. The van der Waals surface area contributed by atoms with Gasteiger partial charge in [-0.15, -0.1) is 10.2 Å². The molecule has 1 amide bonds. The van der Waals surface area contributed by atoms with Gasteiger partial charge in [0.25, 0.3) is 5.91 Å². The average molecular weight is 373 g/mol. The van der Waals surface area contributed by atoms with E-state index in [1.807, 2.05) is 18.2 Å². The molecule has 28 heavy (non-hydrogen) atoms. The van der Waals surface area contributed by atoms with Crippen LogP contribution in [0.15, 0.2) is 55.0 Å². The third-order valence-electron chi connectivity index (χ3n) is 5.10. The van der Waals surface area contributed by atoms with Crippen molar-refractivity contribution in [1.82, 2.24) is 34.3 Å². The molecule has 3 aromatic heterocycles. The van der Waals surface area contributed by atoms with Crippen LogP contribution in [0.2, 0.25) is 0 Å². The zero-order valence-corrected chi connectivity index (χ0v) is 15.4. The normalized spacial score (nSPS) is 16.3. The topological polar surface area (TPSA) is 81.2 Å². The molecule has 4 aromatic rings. The van der Waals surface area contributed by atoms with Gasteiger partial charge in [0.1, 0.15) is 11.4 Å². The Morgan fingerprint density at radius 3 is 2.89 bits per heavy atom. The number of hydrogen-bond acceptors (Lipinski definition) is 5. The second kappa shape index (κ2) is 6.56. The van der Waals surface area contributed by atoms with Gasteiger partial charge in [-0.3, -0.25) is 4.79 Å². The highest BCUT2D eigenvalue weighted by atomic mass is 16.2. The molecule has 4 heterocycles. The number of rotatable bonds is 3. The lowest BCUT2D eigenvalue weighted by Crippen LogP contribution is -2.40. The first-order chi connectivity index (χ1) is 13.7. The molecule has 0 saturated heterocycles. The van der Waals surface area contributed by atoms with Crippen molar-refractivity contribution >= 4 is 11.6 Å². The van der Waals surface area contributed by atoms with Crippen LogP contribution in [0.5, 0.6) is 0 Å². The lowest BCUT2D eigenvalue weighted by atomic mass is 10.1. The maximum Gasteiger partial charge on any atom is 0.259 e. The third-order valence-corrected chi connectivity index (χ3v) is 5.10. The van der Waals surface area contributed by atoms with Crippen LogP contribution in [0.4, 0.5) is 0 Å². The number of benzene rings is 1. The van der Waals surface area contributed by atoms with E-state index >= 15 is 0 Å². The predicted molar refractivity (Wildman–Crippen MR) is 102 cm³/mol. The predicted octanol–water partition coefficient (Wildman–Crippen LogP) is 2.13. The fourth-order valence-electron chi connectivity index (χ4n) is 3.82. The van der Waals surface area contributed by atoms with Crippen LogP contribution >= 0.6 is 0 Å². The van der Waals surface area contributed by atoms with Crippen molar-refractivity contribution in [2.45, 2.75) is 25.9 Å². The second-order valence-electron chi connectivity index (χ2n) is 7.05. The number of carbonyl (C=O) groups is 1. The van der Waals surface area contributed by atoms with Crippen molar-refractivity contribution in [3.8, 4) is 0 Å². The summed E-state index contributed by atoms with van der Waals surface area (Å²) in [5.74, 6) is 1.65. The van der Waals surface area contributed by atoms with Gasteiger partial charge in [-0.25, -0.2) is 9.50 Å². The Hall–Kier alpha value is -3.55. The Morgan fingerprint density at radius 1 is 1.18 bits per heavy atom. The van der Waals surface area contributed by atoms with Crippen LogP contribution in [0, 0.1) is 0 Å². The van der Waals surface area contributed by atoms with E-state index in [1.165, 1.54) is 5.56 Å². The molecule has 0 saturated carbocycles. The van der Waals surface area contributed by atoms with Gasteiger partial charge in [0.05, 0.1) is 18.8 Å². The summed E-state index contributed by atoms with van der Waals surface area (Å²) < 4.78 is 3.77.